The van der Waals surface area contributed by atoms with Crippen LogP contribution in [0.2, 0.25) is 0 Å². The normalized spacial score (nSPS) is 12.0. The number of carbonyl (C=O) groups is 2. The highest BCUT2D eigenvalue weighted by Crippen LogP contribution is 2.12. The average Bonchev–Trinajstić information content (AvgIpc) is 2.82. The molecule has 0 aliphatic rings. The fraction of sp³-hybridized carbons (Fsp3) is 0.200. The van der Waals surface area contributed by atoms with Gasteiger partial charge in [0.15, 0.2) is 0 Å². The van der Waals surface area contributed by atoms with Gasteiger partial charge in [0.25, 0.3) is 0 Å². The van der Waals surface area contributed by atoms with Crippen LogP contribution in [0.25, 0.3) is 0 Å². The molecule has 0 radical (unpaired) electrons. The van der Waals surface area contributed by atoms with Crippen LogP contribution in [0.3, 0.4) is 0 Å². The van der Waals surface area contributed by atoms with Gasteiger partial charge in [0, 0.05) is 0 Å². The molecular formula is C25H26N2O5S. The predicted octanol–water partition coefficient (Wildman–Crippen LogP) is 2.74. The summed E-state index contributed by atoms with van der Waals surface area (Å²) >= 11 is 0. The number of amides is 1. The maximum atomic E-state index is 12.9. The van der Waals surface area contributed by atoms with Crippen molar-refractivity contribution >= 4 is 21.9 Å². The van der Waals surface area contributed by atoms with Crippen LogP contribution in [0.4, 0.5) is 0 Å². The summed E-state index contributed by atoms with van der Waals surface area (Å²) in [4.78, 5) is 25.0. The highest BCUT2D eigenvalue weighted by atomic mass is 32.2. The molecule has 33 heavy (non-hydrogen) atoms. The number of hydrogen-bond donors (Lipinski definition) is 2. The maximum Gasteiger partial charge on any atom is 0.325 e. The lowest BCUT2D eigenvalue weighted by Crippen LogP contribution is -2.49. The molecule has 3 aromatic rings. The Labute approximate surface area is 193 Å². The van der Waals surface area contributed by atoms with Crippen LogP contribution < -0.4 is 10.0 Å². The number of benzene rings is 3. The van der Waals surface area contributed by atoms with Gasteiger partial charge >= 0.3 is 5.97 Å². The number of sulfonamides is 1. The summed E-state index contributed by atoms with van der Waals surface area (Å²) in [6.45, 7) is 1.57. The number of ether oxygens (including phenoxy) is 1. The topological polar surface area (TPSA) is 102 Å². The molecule has 0 aliphatic carbocycles. The van der Waals surface area contributed by atoms with E-state index in [9.17, 15) is 18.0 Å². The largest absolute Gasteiger partial charge is 0.460 e. The van der Waals surface area contributed by atoms with Crippen LogP contribution in [0, 0.1) is 6.92 Å². The van der Waals surface area contributed by atoms with E-state index in [1.165, 1.54) is 12.1 Å². The second-order valence-corrected chi connectivity index (χ2v) is 9.25. The first-order valence-corrected chi connectivity index (χ1v) is 11.9. The van der Waals surface area contributed by atoms with Crippen LogP contribution in [0.15, 0.2) is 89.8 Å². The van der Waals surface area contributed by atoms with Crippen LogP contribution in [-0.4, -0.2) is 32.9 Å². The number of rotatable bonds is 10. The van der Waals surface area contributed by atoms with Crippen LogP contribution in [0.1, 0.15) is 16.7 Å². The van der Waals surface area contributed by atoms with Crippen molar-refractivity contribution in [2.45, 2.75) is 30.9 Å². The molecule has 1 atom stereocenters. The summed E-state index contributed by atoms with van der Waals surface area (Å²) in [7, 11) is -3.95. The second-order valence-electron chi connectivity index (χ2n) is 7.54. The highest BCUT2D eigenvalue weighted by molar-refractivity contribution is 7.89. The van der Waals surface area contributed by atoms with Crippen LogP contribution >= 0.6 is 0 Å². The molecule has 0 saturated heterocycles. The molecule has 0 fully saturated rings. The molecule has 0 unspecified atom stereocenters. The van der Waals surface area contributed by atoms with Crippen molar-refractivity contribution in [2.24, 2.45) is 0 Å². The monoisotopic (exact) mass is 466 g/mol. The molecule has 7 nitrogen and oxygen atoms in total. The van der Waals surface area contributed by atoms with Crippen molar-refractivity contribution in [3.63, 3.8) is 0 Å². The van der Waals surface area contributed by atoms with Gasteiger partial charge in [-0.25, -0.2) is 8.42 Å². The first kappa shape index (κ1) is 24.2. The van der Waals surface area contributed by atoms with E-state index in [-0.39, 0.29) is 24.5 Å². The molecule has 0 saturated carbocycles. The SMILES string of the molecule is Cc1ccc(S(=O)(=O)N[C@H](Cc2ccccc2)C(=O)NCC(=O)OCc2ccccc2)cc1. The van der Waals surface area contributed by atoms with E-state index in [4.69, 9.17) is 4.74 Å². The number of esters is 1. The van der Waals surface area contributed by atoms with Gasteiger partial charge in [0.2, 0.25) is 15.9 Å². The summed E-state index contributed by atoms with van der Waals surface area (Å²) < 4.78 is 33.4. The standard InChI is InChI=1S/C25H26N2O5S/c1-19-12-14-22(15-13-19)33(30,31)27-23(16-20-8-4-2-5-9-20)25(29)26-17-24(28)32-18-21-10-6-3-7-11-21/h2-15,23,27H,16-18H2,1H3,(H,26,29)/t23-/m1/s1. The lowest BCUT2D eigenvalue weighted by Gasteiger charge is -2.19. The lowest BCUT2D eigenvalue weighted by molar-refractivity contribution is -0.145. The van der Waals surface area contributed by atoms with Gasteiger partial charge in [-0.15, -0.1) is 0 Å². The summed E-state index contributed by atoms with van der Waals surface area (Å²) in [6.07, 6.45) is 0.122. The van der Waals surface area contributed by atoms with Gasteiger partial charge < -0.3 is 10.1 Å². The molecule has 3 aromatic carbocycles. The summed E-state index contributed by atoms with van der Waals surface area (Å²) in [5, 5.41) is 2.48. The third-order valence-electron chi connectivity index (χ3n) is 4.88. The molecule has 3 rings (SSSR count). The zero-order valence-electron chi connectivity index (χ0n) is 18.2. The smallest absolute Gasteiger partial charge is 0.325 e. The Bertz CT molecular complexity index is 1160. The van der Waals surface area contributed by atoms with E-state index in [1.54, 1.807) is 36.4 Å². The first-order chi connectivity index (χ1) is 15.8. The Kier molecular flexibility index (Phi) is 8.34. The third kappa shape index (κ3) is 7.55. The zero-order chi connectivity index (χ0) is 23.7. The molecule has 1 amide bonds. The average molecular weight is 467 g/mol. The number of nitrogens with one attached hydrogen (secondary N) is 2. The van der Waals surface area contributed by atoms with Crippen LogP contribution in [0.5, 0.6) is 0 Å². The highest BCUT2D eigenvalue weighted by Gasteiger charge is 2.26. The minimum atomic E-state index is -3.95. The van der Waals surface area contributed by atoms with Crippen molar-refractivity contribution in [1.82, 2.24) is 10.0 Å². The molecule has 8 heteroatoms. The zero-order valence-corrected chi connectivity index (χ0v) is 19.0. The minimum absolute atomic E-state index is 0.0567. The number of carbonyl (C=O) groups excluding carboxylic acids is 2. The molecule has 0 aromatic heterocycles. The lowest BCUT2D eigenvalue weighted by atomic mass is 10.1. The second kappa shape index (κ2) is 11.4. The molecule has 0 bridgehead atoms. The van der Waals surface area contributed by atoms with Gasteiger partial charge in [-0.2, -0.15) is 4.72 Å². The van der Waals surface area contributed by atoms with Crippen molar-refractivity contribution < 1.29 is 22.7 Å². The van der Waals surface area contributed by atoms with E-state index in [2.05, 4.69) is 10.0 Å². The van der Waals surface area contributed by atoms with Crippen LogP contribution in [-0.2, 0) is 37.4 Å². The Hall–Kier alpha value is -3.49. The minimum Gasteiger partial charge on any atom is -0.460 e. The van der Waals surface area contributed by atoms with E-state index in [0.717, 1.165) is 16.7 Å². The third-order valence-corrected chi connectivity index (χ3v) is 6.37. The number of hydrogen-bond acceptors (Lipinski definition) is 5. The van der Waals surface area contributed by atoms with Crippen molar-refractivity contribution in [3.8, 4) is 0 Å². The van der Waals surface area contributed by atoms with Gasteiger partial charge in [-0.05, 0) is 36.6 Å². The van der Waals surface area contributed by atoms with E-state index in [0.29, 0.717) is 0 Å². The number of aryl methyl sites for hydroxylation is 1. The predicted molar refractivity (Wildman–Crippen MR) is 125 cm³/mol. The molecule has 0 aliphatic heterocycles. The summed E-state index contributed by atoms with van der Waals surface area (Å²) in [5.41, 5.74) is 2.52. The Morgan fingerprint density at radius 1 is 0.848 bits per heavy atom. The van der Waals surface area contributed by atoms with Gasteiger partial charge in [0.05, 0.1) is 4.90 Å². The molecule has 0 spiro atoms. The fourth-order valence-electron chi connectivity index (χ4n) is 3.08. The van der Waals surface area contributed by atoms with E-state index in [1.807, 2.05) is 43.3 Å². The quantitative estimate of drug-likeness (QED) is 0.448. The molecule has 0 heterocycles. The van der Waals surface area contributed by atoms with E-state index >= 15 is 0 Å². The first-order valence-electron chi connectivity index (χ1n) is 10.4. The Morgan fingerprint density at radius 3 is 2.03 bits per heavy atom. The summed E-state index contributed by atoms with van der Waals surface area (Å²) in [5.74, 6) is -1.24. The summed E-state index contributed by atoms with van der Waals surface area (Å²) in [6, 6.07) is 23.4. The van der Waals surface area contributed by atoms with Gasteiger partial charge in [-0.3, -0.25) is 9.59 Å². The van der Waals surface area contributed by atoms with Crippen molar-refractivity contribution in [3.05, 3.63) is 102 Å². The molecular weight excluding hydrogens is 440 g/mol. The van der Waals surface area contributed by atoms with Gasteiger partial charge in [0.1, 0.15) is 19.2 Å². The van der Waals surface area contributed by atoms with Crippen molar-refractivity contribution in [1.29, 1.82) is 0 Å². The Morgan fingerprint density at radius 2 is 1.42 bits per heavy atom. The Balaban J connectivity index is 1.65. The van der Waals surface area contributed by atoms with Crippen molar-refractivity contribution in [2.75, 3.05) is 6.54 Å². The maximum absolute atomic E-state index is 12.9. The molecule has 172 valence electrons. The van der Waals surface area contributed by atoms with Gasteiger partial charge in [-0.1, -0.05) is 78.4 Å². The molecule has 2 N–H and O–H groups in total. The van der Waals surface area contributed by atoms with E-state index < -0.39 is 27.9 Å². The fourth-order valence-corrected chi connectivity index (χ4v) is 4.28.